The molecule has 0 saturated carbocycles. The van der Waals surface area contributed by atoms with E-state index in [1.54, 1.807) is 19.1 Å². The number of carbonyl (C=O) groups excluding carboxylic acids is 1. The molecule has 0 saturated heterocycles. The van der Waals surface area contributed by atoms with Gasteiger partial charge in [-0.1, -0.05) is 11.6 Å². The largest absolute Gasteiger partial charge is 0.492 e. The van der Waals surface area contributed by atoms with Crippen LogP contribution < -0.4 is 10.5 Å². The standard InChI is InChI=1S/C11H13NO4/c1-7-2-3-9(8(6-7)11(14)15)16-5-4-10(12)13/h2-3,6H,4-5H2,1H3,(H2,12,13)(H,14,15). The molecule has 5 nitrogen and oxygen atoms in total. The van der Waals surface area contributed by atoms with Crippen molar-refractivity contribution >= 4 is 11.9 Å². The molecule has 0 aliphatic heterocycles. The van der Waals surface area contributed by atoms with Gasteiger partial charge in [-0.25, -0.2) is 4.79 Å². The summed E-state index contributed by atoms with van der Waals surface area (Å²) < 4.78 is 5.18. The van der Waals surface area contributed by atoms with Gasteiger partial charge in [0.1, 0.15) is 11.3 Å². The number of amides is 1. The predicted octanol–water partition coefficient (Wildman–Crippen LogP) is 0.947. The van der Waals surface area contributed by atoms with Crippen LogP contribution in [0.3, 0.4) is 0 Å². The van der Waals surface area contributed by atoms with E-state index in [-0.39, 0.29) is 24.3 Å². The van der Waals surface area contributed by atoms with Crippen LogP contribution in [0.15, 0.2) is 18.2 Å². The van der Waals surface area contributed by atoms with Crippen molar-refractivity contribution in [1.29, 1.82) is 0 Å². The Kier molecular flexibility index (Phi) is 3.88. The Bertz CT molecular complexity index is 414. The van der Waals surface area contributed by atoms with Gasteiger partial charge in [0.2, 0.25) is 5.91 Å². The van der Waals surface area contributed by atoms with Gasteiger partial charge in [0, 0.05) is 0 Å². The van der Waals surface area contributed by atoms with Gasteiger partial charge in [0.05, 0.1) is 13.0 Å². The summed E-state index contributed by atoms with van der Waals surface area (Å²) in [6.07, 6.45) is 0.0624. The van der Waals surface area contributed by atoms with E-state index in [1.165, 1.54) is 6.07 Å². The number of hydrogen-bond donors (Lipinski definition) is 2. The van der Waals surface area contributed by atoms with Crippen molar-refractivity contribution in [1.82, 2.24) is 0 Å². The summed E-state index contributed by atoms with van der Waals surface area (Å²) in [5.41, 5.74) is 5.86. The van der Waals surface area contributed by atoms with E-state index in [0.29, 0.717) is 0 Å². The van der Waals surface area contributed by atoms with Gasteiger partial charge in [0.15, 0.2) is 0 Å². The van der Waals surface area contributed by atoms with E-state index in [1.807, 2.05) is 0 Å². The average molecular weight is 223 g/mol. The second-order valence-electron chi connectivity index (χ2n) is 3.37. The van der Waals surface area contributed by atoms with E-state index in [0.717, 1.165) is 5.56 Å². The molecule has 16 heavy (non-hydrogen) atoms. The molecule has 0 bridgehead atoms. The maximum atomic E-state index is 10.9. The van der Waals surface area contributed by atoms with Crippen LogP contribution in [0, 0.1) is 6.92 Å². The molecule has 3 N–H and O–H groups in total. The van der Waals surface area contributed by atoms with Gasteiger partial charge in [-0.3, -0.25) is 4.79 Å². The minimum Gasteiger partial charge on any atom is -0.492 e. The van der Waals surface area contributed by atoms with E-state index < -0.39 is 11.9 Å². The second kappa shape index (κ2) is 5.16. The molecular formula is C11H13NO4. The van der Waals surface area contributed by atoms with E-state index in [2.05, 4.69) is 0 Å². The molecule has 1 amide bonds. The highest BCUT2D eigenvalue weighted by Gasteiger charge is 2.11. The lowest BCUT2D eigenvalue weighted by Crippen LogP contribution is -2.15. The molecule has 0 unspecified atom stereocenters. The Morgan fingerprint density at radius 3 is 2.69 bits per heavy atom. The Morgan fingerprint density at radius 1 is 1.44 bits per heavy atom. The Hall–Kier alpha value is -2.04. The van der Waals surface area contributed by atoms with Gasteiger partial charge >= 0.3 is 5.97 Å². The monoisotopic (exact) mass is 223 g/mol. The molecule has 1 rings (SSSR count). The third-order valence-corrected chi connectivity index (χ3v) is 1.97. The maximum Gasteiger partial charge on any atom is 0.339 e. The zero-order valence-electron chi connectivity index (χ0n) is 8.90. The lowest BCUT2D eigenvalue weighted by molar-refractivity contribution is -0.118. The summed E-state index contributed by atoms with van der Waals surface area (Å²) in [4.78, 5) is 21.4. The van der Waals surface area contributed by atoms with Crippen LogP contribution in [-0.2, 0) is 4.79 Å². The zero-order chi connectivity index (χ0) is 12.1. The van der Waals surface area contributed by atoms with Crippen molar-refractivity contribution in [3.05, 3.63) is 29.3 Å². The number of primary amides is 1. The van der Waals surface area contributed by atoms with Crippen molar-refractivity contribution in [2.45, 2.75) is 13.3 Å². The first-order valence-electron chi connectivity index (χ1n) is 4.75. The minimum atomic E-state index is -1.06. The van der Waals surface area contributed by atoms with E-state index >= 15 is 0 Å². The Balaban J connectivity index is 2.78. The highest BCUT2D eigenvalue weighted by atomic mass is 16.5. The summed E-state index contributed by atoms with van der Waals surface area (Å²) >= 11 is 0. The highest BCUT2D eigenvalue weighted by Crippen LogP contribution is 2.20. The number of aromatic carboxylic acids is 1. The highest BCUT2D eigenvalue weighted by molar-refractivity contribution is 5.91. The molecule has 0 atom stereocenters. The molecule has 0 radical (unpaired) electrons. The number of rotatable bonds is 5. The third kappa shape index (κ3) is 3.27. The lowest BCUT2D eigenvalue weighted by atomic mass is 10.1. The predicted molar refractivity (Wildman–Crippen MR) is 57.4 cm³/mol. The van der Waals surface area contributed by atoms with E-state index in [9.17, 15) is 9.59 Å². The number of carbonyl (C=O) groups is 2. The fourth-order valence-electron chi connectivity index (χ4n) is 1.20. The van der Waals surface area contributed by atoms with Crippen molar-refractivity contribution in [2.24, 2.45) is 5.73 Å². The number of carboxylic acids is 1. The second-order valence-corrected chi connectivity index (χ2v) is 3.37. The number of nitrogens with two attached hydrogens (primary N) is 1. The molecule has 0 spiro atoms. The van der Waals surface area contributed by atoms with Gasteiger partial charge in [-0.15, -0.1) is 0 Å². The average Bonchev–Trinajstić information content (AvgIpc) is 2.19. The molecule has 1 aromatic carbocycles. The summed E-state index contributed by atoms with van der Waals surface area (Å²) in [6.45, 7) is 1.87. The van der Waals surface area contributed by atoms with Gasteiger partial charge in [0.25, 0.3) is 0 Å². The van der Waals surface area contributed by atoms with Crippen molar-refractivity contribution in [3.8, 4) is 5.75 Å². The normalized spacial score (nSPS) is 9.81. The molecule has 0 aromatic heterocycles. The molecule has 1 aromatic rings. The molecule has 0 heterocycles. The molecular weight excluding hydrogens is 210 g/mol. The fourth-order valence-corrected chi connectivity index (χ4v) is 1.20. The van der Waals surface area contributed by atoms with Crippen molar-refractivity contribution in [2.75, 3.05) is 6.61 Å². The van der Waals surface area contributed by atoms with Crippen LogP contribution in [0.25, 0.3) is 0 Å². The van der Waals surface area contributed by atoms with E-state index in [4.69, 9.17) is 15.6 Å². The SMILES string of the molecule is Cc1ccc(OCCC(N)=O)c(C(=O)O)c1. The van der Waals surface area contributed by atoms with Crippen LogP contribution >= 0.6 is 0 Å². The minimum absolute atomic E-state index is 0.0624. The summed E-state index contributed by atoms with van der Waals surface area (Å²) in [6, 6.07) is 4.83. The smallest absolute Gasteiger partial charge is 0.339 e. The molecule has 5 heteroatoms. The van der Waals surface area contributed by atoms with Crippen LogP contribution in [0.2, 0.25) is 0 Å². The Morgan fingerprint density at radius 2 is 2.12 bits per heavy atom. The van der Waals surface area contributed by atoms with Gasteiger partial charge in [-0.05, 0) is 19.1 Å². The topological polar surface area (TPSA) is 89.6 Å². The fraction of sp³-hybridized carbons (Fsp3) is 0.273. The quantitative estimate of drug-likeness (QED) is 0.777. The van der Waals surface area contributed by atoms with Crippen LogP contribution in [0.1, 0.15) is 22.3 Å². The van der Waals surface area contributed by atoms with Crippen LogP contribution in [0.5, 0.6) is 5.75 Å². The molecule has 0 aliphatic rings. The number of ether oxygens (including phenoxy) is 1. The van der Waals surface area contributed by atoms with Gasteiger partial charge in [-0.2, -0.15) is 0 Å². The lowest BCUT2D eigenvalue weighted by Gasteiger charge is -2.08. The summed E-state index contributed by atoms with van der Waals surface area (Å²) in [5, 5.41) is 8.93. The molecule has 86 valence electrons. The Labute approximate surface area is 92.8 Å². The first kappa shape index (κ1) is 12.0. The third-order valence-electron chi connectivity index (χ3n) is 1.97. The summed E-state index contributed by atoms with van der Waals surface area (Å²) in [5.74, 6) is -1.29. The maximum absolute atomic E-state index is 10.9. The first-order valence-corrected chi connectivity index (χ1v) is 4.75. The number of hydrogen-bond acceptors (Lipinski definition) is 3. The van der Waals surface area contributed by atoms with Crippen LogP contribution in [0.4, 0.5) is 0 Å². The first-order chi connectivity index (χ1) is 7.50. The van der Waals surface area contributed by atoms with Crippen LogP contribution in [-0.4, -0.2) is 23.6 Å². The number of carboxylic acid groups (broad SMARTS) is 1. The van der Waals surface area contributed by atoms with Crippen molar-refractivity contribution < 1.29 is 19.4 Å². The zero-order valence-corrected chi connectivity index (χ0v) is 8.90. The molecule has 0 aliphatic carbocycles. The van der Waals surface area contributed by atoms with Gasteiger partial charge < -0.3 is 15.6 Å². The van der Waals surface area contributed by atoms with Crippen molar-refractivity contribution in [3.63, 3.8) is 0 Å². The number of aryl methyl sites for hydroxylation is 1. The summed E-state index contributed by atoms with van der Waals surface area (Å²) in [7, 11) is 0. The molecule has 0 fully saturated rings. The number of benzene rings is 1.